The molecule has 2 nitrogen and oxygen atoms in total. The van der Waals surface area contributed by atoms with Crippen molar-refractivity contribution in [1.82, 2.24) is 0 Å². The second-order valence-electron chi connectivity index (χ2n) is 4.77. The van der Waals surface area contributed by atoms with Crippen molar-refractivity contribution in [2.75, 3.05) is 7.11 Å². The summed E-state index contributed by atoms with van der Waals surface area (Å²) >= 11 is 0. The van der Waals surface area contributed by atoms with E-state index in [0.717, 1.165) is 11.1 Å². The first-order valence-electron chi connectivity index (χ1n) is 6.12. The number of methoxy groups -OCH3 is 1. The van der Waals surface area contributed by atoms with E-state index >= 15 is 0 Å². The Morgan fingerprint density at radius 2 is 1.82 bits per heavy atom. The van der Waals surface area contributed by atoms with Gasteiger partial charge < -0.3 is 10.5 Å². The van der Waals surface area contributed by atoms with Gasteiger partial charge in [0, 0.05) is 11.4 Å². The lowest BCUT2D eigenvalue weighted by Gasteiger charge is -2.15. The van der Waals surface area contributed by atoms with Crippen LogP contribution in [0, 0.1) is 5.92 Å². The summed E-state index contributed by atoms with van der Waals surface area (Å²) in [4.78, 5) is 0. The summed E-state index contributed by atoms with van der Waals surface area (Å²) in [7, 11) is 1.71. The quantitative estimate of drug-likeness (QED) is 0.873. The third-order valence-corrected chi connectivity index (χ3v) is 3.63. The van der Waals surface area contributed by atoms with E-state index in [1.807, 2.05) is 12.1 Å². The molecule has 0 radical (unpaired) electrons. The van der Waals surface area contributed by atoms with E-state index < -0.39 is 0 Å². The minimum absolute atomic E-state index is 0.172. The molecule has 0 spiro atoms. The smallest absolute Gasteiger partial charge is 0.126 e. The SMILES string of the molecule is COc1ccc([C@H](N)C2CC2)c2ccccc12. The van der Waals surface area contributed by atoms with Gasteiger partial charge in [0.15, 0.2) is 0 Å². The Kier molecular flexibility index (Phi) is 2.52. The van der Waals surface area contributed by atoms with Crippen molar-refractivity contribution in [3.8, 4) is 5.75 Å². The molecular formula is C15H17NO. The van der Waals surface area contributed by atoms with Gasteiger partial charge in [0.05, 0.1) is 7.11 Å². The summed E-state index contributed by atoms with van der Waals surface area (Å²) < 4.78 is 5.40. The maximum Gasteiger partial charge on any atom is 0.126 e. The van der Waals surface area contributed by atoms with Crippen LogP contribution in [0.15, 0.2) is 36.4 Å². The number of ether oxygens (including phenoxy) is 1. The summed E-state index contributed by atoms with van der Waals surface area (Å²) in [5.41, 5.74) is 7.57. The van der Waals surface area contributed by atoms with Crippen LogP contribution in [0.5, 0.6) is 5.75 Å². The average Bonchev–Trinajstić information content (AvgIpc) is 3.21. The lowest BCUT2D eigenvalue weighted by Crippen LogP contribution is -2.12. The first kappa shape index (κ1) is 10.6. The Morgan fingerprint density at radius 1 is 1.12 bits per heavy atom. The fourth-order valence-corrected chi connectivity index (χ4v) is 2.47. The third kappa shape index (κ3) is 1.79. The minimum atomic E-state index is 0.172. The van der Waals surface area contributed by atoms with Crippen molar-refractivity contribution >= 4 is 10.8 Å². The molecule has 88 valence electrons. The molecule has 2 N–H and O–H groups in total. The highest BCUT2D eigenvalue weighted by Crippen LogP contribution is 2.42. The largest absolute Gasteiger partial charge is 0.496 e. The van der Waals surface area contributed by atoms with Gasteiger partial charge in [-0.1, -0.05) is 30.3 Å². The van der Waals surface area contributed by atoms with Crippen molar-refractivity contribution in [3.05, 3.63) is 42.0 Å². The van der Waals surface area contributed by atoms with E-state index in [1.165, 1.54) is 23.8 Å². The summed E-state index contributed by atoms with van der Waals surface area (Å²) in [5.74, 6) is 1.60. The van der Waals surface area contributed by atoms with Gasteiger partial charge in [-0.25, -0.2) is 0 Å². The number of rotatable bonds is 3. The molecule has 1 saturated carbocycles. The van der Waals surface area contributed by atoms with Crippen LogP contribution in [-0.2, 0) is 0 Å². The summed E-state index contributed by atoms with van der Waals surface area (Å²) in [5, 5.41) is 2.38. The van der Waals surface area contributed by atoms with Crippen LogP contribution in [0.2, 0.25) is 0 Å². The van der Waals surface area contributed by atoms with Crippen LogP contribution in [0.3, 0.4) is 0 Å². The van der Waals surface area contributed by atoms with E-state index in [-0.39, 0.29) is 6.04 Å². The molecule has 2 aromatic carbocycles. The molecule has 0 aromatic heterocycles. The highest BCUT2D eigenvalue weighted by molar-refractivity contribution is 5.91. The molecule has 2 heteroatoms. The first-order valence-corrected chi connectivity index (χ1v) is 6.12. The molecule has 1 aliphatic carbocycles. The van der Waals surface area contributed by atoms with Gasteiger partial charge >= 0.3 is 0 Å². The molecule has 1 aliphatic rings. The van der Waals surface area contributed by atoms with Gasteiger partial charge in [-0.05, 0) is 35.8 Å². The molecule has 0 aliphatic heterocycles. The van der Waals surface area contributed by atoms with Gasteiger partial charge in [-0.15, -0.1) is 0 Å². The zero-order chi connectivity index (χ0) is 11.8. The minimum Gasteiger partial charge on any atom is -0.496 e. The number of benzene rings is 2. The van der Waals surface area contributed by atoms with E-state index in [0.29, 0.717) is 5.92 Å². The van der Waals surface area contributed by atoms with Gasteiger partial charge in [-0.2, -0.15) is 0 Å². The maximum atomic E-state index is 6.32. The van der Waals surface area contributed by atoms with Gasteiger partial charge in [-0.3, -0.25) is 0 Å². The lowest BCUT2D eigenvalue weighted by molar-refractivity contribution is 0.419. The zero-order valence-electron chi connectivity index (χ0n) is 10.0. The Balaban J connectivity index is 2.18. The second-order valence-corrected chi connectivity index (χ2v) is 4.77. The van der Waals surface area contributed by atoms with Crippen molar-refractivity contribution in [1.29, 1.82) is 0 Å². The molecule has 0 bridgehead atoms. The highest BCUT2D eigenvalue weighted by Gasteiger charge is 2.30. The summed E-state index contributed by atoms with van der Waals surface area (Å²) in [6.45, 7) is 0. The Bertz CT molecular complexity index is 546. The second kappa shape index (κ2) is 4.04. The molecular weight excluding hydrogens is 210 g/mol. The van der Waals surface area contributed by atoms with E-state index in [2.05, 4.69) is 24.3 Å². The molecule has 1 atom stereocenters. The van der Waals surface area contributed by atoms with Crippen LogP contribution < -0.4 is 10.5 Å². The van der Waals surface area contributed by atoms with Crippen LogP contribution >= 0.6 is 0 Å². The predicted molar refractivity (Wildman–Crippen MR) is 70.2 cm³/mol. The first-order chi connectivity index (χ1) is 8.31. The van der Waals surface area contributed by atoms with Crippen molar-refractivity contribution in [2.24, 2.45) is 11.7 Å². The Morgan fingerprint density at radius 3 is 2.47 bits per heavy atom. The van der Waals surface area contributed by atoms with Crippen molar-refractivity contribution < 1.29 is 4.74 Å². The average molecular weight is 227 g/mol. The van der Waals surface area contributed by atoms with Crippen LogP contribution in [-0.4, -0.2) is 7.11 Å². The highest BCUT2D eigenvalue weighted by atomic mass is 16.5. The fraction of sp³-hybridized carbons (Fsp3) is 0.333. The Labute approximate surface area is 101 Å². The van der Waals surface area contributed by atoms with Gasteiger partial charge in [0.1, 0.15) is 5.75 Å². The van der Waals surface area contributed by atoms with Crippen LogP contribution in [0.1, 0.15) is 24.4 Å². The molecule has 2 aromatic rings. The standard InChI is InChI=1S/C15H17NO/c1-17-14-9-8-13(15(16)10-6-7-10)11-4-2-3-5-12(11)14/h2-5,8-10,15H,6-7,16H2,1H3/t15-/m1/s1. The normalized spacial score (nSPS) is 17.1. The van der Waals surface area contributed by atoms with E-state index in [4.69, 9.17) is 10.5 Å². The molecule has 0 heterocycles. The van der Waals surface area contributed by atoms with Crippen molar-refractivity contribution in [2.45, 2.75) is 18.9 Å². The van der Waals surface area contributed by atoms with Crippen LogP contribution in [0.25, 0.3) is 10.8 Å². The number of hydrogen-bond donors (Lipinski definition) is 1. The molecule has 0 unspecified atom stereocenters. The van der Waals surface area contributed by atoms with Crippen molar-refractivity contribution in [3.63, 3.8) is 0 Å². The summed E-state index contributed by atoms with van der Waals surface area (Å²) in [6, 6.07) is 12.6. The third-order valence-electron chi connectivity index (χ3n) is 3.63. The van der Waals surface area contributed by atoms with Gasteiger partial charge in [0.25, 0.3) is 0 Å². The monoisotopic (exact) mass is 227 g/mol. The summed E-state index contributed by atoms with van der Waals surface area (Å²) in [6.07, 6.45) is 2.53. The number of nitrogens with two attached hydrogens (primary N) is 1. The molecule has 0 saturated heterocycles. The zero-order valence-corrected chi connectivity index (χ0v) is 10.0. The Hall–Kier alpha value is -1.54. The van der Waals surface area contributed by atoms with Crippen LogP contribution in [0.4, 0.5) is 0 Å². The topological polar surface area (TPSA) is 35.2 Å². The predicted octanol–water partition coefficient (Wildman–Crippen LogP) is 3.26. The molecule has 17 heavy (non-hydrogen) atoms. The number of fused-ring (bicyclic) bond motifs is 1. The lowest BCUT2D eigenvalue weighted by atomic mass is 9.96. The number of hydrogen-bond acceptors (Lipinski definition) is 2. The maximum absolute atomic E-state index is 6.32. The van der Waals surface area contributed by atoms with E-state index in [9.17, 15) is 0 Å². The van der Waals surface area contributed by atoms with E-state index in [1.54, 1.807) is 7.11 Å². The molecule has 0 amide bonds. The van der Waals surface area contributed by atoms with Gasteiger partial charge in [0.2, 0.25) is 0 Å². The fourth-order valence-electron chi connectivity index (χ4n) is 2.47. The molecule has 3 rings (SSSR count). The molecule has 1 fully saturated rings.